The largest absolute Gasteiger partial charge is 0.465 e. The van der Waals surface area contributed by atoms with Crippen molar-refractivity contribution in [2.75, 3.05) is 11.9 Å². The number of hydrogen-bond acceptors (Lipinski definition) is 7. The first-order valence-electron chi connectivity index (χ1n) is 9.34. The van der Waals surface area contributed by atoms with E-state index < -0.39 is 5.54 Å². The van der Waals surface area contributed by atoms with E-state index in [1.54, 1.807) is 36.5 Å². The topological polar surface area (TPSA) is 112 Å². The first kappa shape index (κ1) is 19.6. The zero-order valence-corrected chi connectivity index (χ0v) is 17.4. The van der Waals surface area contributed by atoms with Gasteiger partial charge in [0.25, 0.3) is 11.9 Å². The molecule has 0 fully saturated rings. The van der Waals surface area contributed by atoms with Gasteiger partial charge in [0.15, 0.2) is 5.75 Å². The number of amides is 1. The maximum Gasteiger partial charge on any atom is 0.283 e. The SMILES string of the molecule is NC1=N[C@@]2(CCO1)c1cc(NC(=O)c3ccc(Cl)cn3)ccc1Oc1cnc(Cl)cc12. The van der Waals surface area contributed by atoms with E-state index in [0.29, 0.717) is 40.4 Å². The molecule has 1 aromatic carbocycles. The summed E-state index contributed by atoms with van der Waals surface area (Å²) in [5.74, 6) is 0.750. The van der Waals surface area contributed by atoms with Gasteiger partial charge in [0.05, 0.1) is 17.8 Å². The molecule has 156 valence electrons. The number of ether oxygens (including phenoxy) is 2. The monoisotopic (exact) mass is 455 g/mol. The van der Waals surface area contributed by atoms with Crippen molar-refractivity contribution in [3.8, 4) is 11.5 Å². The van der Waals surface area contributed by atoms with Crippen LogP contribution in [0.15, 0.2) is 53.8 Å². The number of amidine groups is 1. The van der Waals surface area contributed by atoms with E-state index in [2.05, 4.69) is 20.3 Å². The van der Waals surface area contributed by atoms with Gasteiger partial charge >= 0.3 is 0 Å². The lowest BCUT2D eigenvalue weighted by Crippen LogP contribution is -2.38. The van der Waals surface area contributed by atoms with E-state index in [1.807, 2.05) is 6.07 Å². The molecule has 0 saturated heterocycles. The van der Waals surface area contributed by atoms with Crippen LogP contribution >= 0.6 is 23.2 Å². The van der Waals surface area contributed by atoms with Gasteiger partial charge in [0.2, 0.25) is 0 Å². The fourth-order valence-corrected chi connectivity index (χ4v) is 4.05. The minimum absolute atomic E-state index is 0.0674. The van der Waals surface area contributed by atoms with Crippen LogP contribution in [0.4, 0.5) is 5.69 Å². The van der Waals surface area contributed by atoms with Crippen LogP contribution in [0.2, 0.25) is 10.2 Å². The summed E-state index contributed by atoms with van der Waals surface area (Å²) in [6.45, 7) is 0.361. The summed E-state index contributed by atoms with van der Waals surface area (Å²) < 4.78 is 11.4. The lowest BCUT2D eigenvalue weighted by atomic mass is 9.78. The first-order chi connectivity index (χ1) is 14.9. The Kier molecular flexibility index (Phi) is 4.68. The van der Waals surface area contributed by atoms with Crippen molar-refractivity contribution in [1.82, 2.24) is 9.97 Å². The Labute approximate surface area is 187 Å². The fraction of sp³-hybridized carbons (Fsp3) is 0.143. The second kappa shape index (κ2) is 7.40. The van der Waals surface area contributed by atoms with Gasteiger partial charge in [0.1, 0.15) is 22.1 Å². The third kappa shape index (κ3) is 3.43. The Morgan fingerprint density at radius 1 is 1.06 bits per heavy atom. The predicted octanol–water partition coefficient (Wildman–Crippen LogP) is 4.12. The van der Waals surface area contributed by atoms with E-state index in [1.165, 1.54) is 6.20 Å². The molecule has 1 atom stereocenters. The van der Waals surface area contributed by atoms with Gasteiger partial charge in [-0.1, -0.05) is 23.2 Å². The molecule has 3 N–H and O–H groups in total. The fourth-order valence-electron chi connectivity index (χ4n) is 3.78. The predicted molar refractivity (Wildman–Crippen MR) is 116 cm³/mol. The highest BCUT2D eigenvalue weighted by Crippen LogP contribution is 2.52. The number of rotatable bonds is 2. The molecule has 2 aromatic heterocycles. The Morgan fingerprint density at radius 3 is 2.68 bits per heavy atom. The van der Waals surface area contributed by atoms with Gasteiger partial charge in [-0.15, -0.1) is 0 Å². The van der Waals surface area contributed by atoms with Crippen LogP contribution < -0.4 is 15.8 Å². The standard InChI is InChI=1S/C21H15Cl2N5O3/c22-11-1-3-15(25-9-11)19(29)27-12-2-4-16-13(7-12)21(5-6-30-20(24)28-21)14-8-18(23)26-10-17(14)31-16/h1-4,7-10H,5-6H2,(H2,24,28)(H,27,29)/t21-/m0/s1. The summed E-state index contributed by atoms with van der Waals surface area (Å²) in [7, 11) is 0. The van der Waals surface area contributed by atoms with Crippen LogP contribution in [0.3, 0.4) is 0 Å². The number of nitrogens with zero attached hydrogens (tertiary/aromatic N) is 3. The number of carbonyl (C=O) groups excluding carboxylic acids is 1. The molecule has 1 spiro atoms. The third-order valence-corrected chi connectivity index (χ3v) is 5.59. The number of nitrogens with one attached hydrogen (secondary N) is 1. The van der Waals surface area contributed by atoms with Gasteiger partial charge in [-0.3, -0.25) is 4.79 Å². The molecule has 5 rings (SSSR count). The molecule has 0 unspecified atom stereocenters. The summed E-state index contributed by atoms with van der Waals surface area (Å²) in [5.41, 5.74) is 7.32. The molecule has 4 heterocycles. The van der Waals surface area contributed by atoms with Crippen LogP contribution in [0, 0.1) is 0 Å². The molecule has 2 aliphatic heterocycles. The molecular weight excluding hydrogens is 441 g/mol. The van der Waals surface area contributed by atoms with Crippen LogP contribution in [0.25, 0.3) is 0 Å². The number of benzene rings is 1. The number of aromatic nitrogens is 2. The number of nitrogens with two attached hydrogens (primary N) is 1. The van der Waals surface area contributed by atoms with Crippen LogP contribution in [0.1, 0.15) is 28.0 Å². The summed E-state index contributed by atoms with van der Waals surface area (Å²) in [6, 6.07) is 10.2. The van der Waals surface area contributed by atoms with E-state index in [-0.39, 0.29) is 17.6 Å². The first-order valence-corrected chi connectivity index (χ1v) is 10.1. The van der Waals surface area contributed by atoms with Crippen LogP contribution in [-0.4, -0.2) is 28.5 Å². The van der Waals surface area contributed by atoms with E-state index in [9.17, 15) is 4.79 Å². The molecule has 31 heavy (non-hydrogen) atoms. The van der Waals surface area contributed by atoms with E-state index in [4.69, 9.17) is 38.4 Å². The van der Waals surface area contributed by atoms with Gasteiger partial charge in [-0.25, -0.2) is 15.0 Å². The highest BCUT2D eigenvalue weighted by Gasteiger charge is 2.45. The lowest BCUT2D eigenvalue weighted by molar-refractivity contribution is 0.102. The molecule has 0 bridgehead atoms. The minimum Gasteiger partial charge on any atom is -0.465 e. The molecular formula is C21H15Cl2N5O3. The Morgan fingerprint density at radius 2 is 1.90 bits per heavy atom. The Balaban J connectivity index is 1.58. The second-order valence-corrected chi connectivity index (χ2v) is 7.86. The van der Waals surface area contributed by atoms with Crippen LogP contribution in [0.5, 0.6) is 11.5 Å². The van der Waals surface area contributed by atoms with Gasteiger partial charge in [0, 0.05) is 29.4 Å². The highest BCUT2D eigenvalue weighted by atomic mass is 35.5. The maximum absolute atomic E-state index is 12.6. The van der Waals surface area contributed by atoms with Crippen molar-refractivity contribution in [3.63, 3.8) is 0 Å². The van der Waals surface area contributed by atoms with Crippen LogP contribution in [-0.2, 0) is 10.3 Å². The van der Waals surface area contributed by atoms with E-state index >= 15 is 0 Å². The lowest BCUT2D eigenvalue weighted by Gasteiger charge is -2.39. The minimum atomic E-state index is -0.878. The zero-order valence-electron chi connectivity index (χ0n) is 15.9. The zero-order chi connectivity index (χ0) is 21.6. The van der Waals surface area contributed by atoms with Gasteiger partial charge in [-0.2, -0.15) is 0 Å². The summed E-state index contributed by atoms with van der Waals surface area (Å²) >= 11 is 12.0. The van der Waals surface area contributed by atoms with Crippen molar-refractivity contribution < 1.29 is 14.3 Å². The average molecular weight is 456 g/mol. The number of fused-ring (bicyclic) bond motifs is 4. The number of anilines is 1. The normalized spacial score (nSPS) is 18.8. The van der Waals surface area contributed by atoms with Crippen molar-refractivity contribution in [2.24, 2.45) is 10.7 Å². The summed E-state index contributed by atoms with van der Waals surface area (Å²) in [6.07, 6.45) is 3.49. The molecule has 10 heteroatoms. The molecule has 0 saturated carbocycles. The number of carbonyl (C=O) groups is 1. The van der Waals surface area contributed by atoms with Gasteiger partial charge in [-0.05, 0) is 36.4 Å². The quantitative estimate of drug-likeness (QED) is 0.562. The Bertz CT molecular complexity index is 1230. The summed E-state index contributed by atoms with van der Waals surface area (Å²) in [5, 5.41) is 3.61. The van der Waals surface area contributed by atoms with E-state index in [0.717, 1.165) is 11.1 Å². The van der Waals surface area contributed by atoms with Crippen molar-refractivity contribution >= 4 is 40.8 Å². The molecule has 2 aliphatic rings. The summed E-state index contributed by atoms with van der Waals surface area (Å²) in [4.78, 5) is 25.4. The average Bonchev–Trinajstić information content (AvgIpc) is 2.75. The molecule has 8 nitrogen and oxygen atoms in total. The van der Waals surface area contributed by atoms with Crippen molar-refractivity contribution in [1.29, 1.82) is 0 Å². The molecule has 0 radical (unpaired) electrons. The van der Waals surface area contributed by atoms with Gasteiger partial charge < -0.3 is 20.5 Å². The van der Waals surface area contributed by atoms with Crippen molar-refractivity contribution in [2.45, 2.75) is 12.0 Å². The number of pyridine rings is 2. The molecule has 3 aromatic rings. The number of aliphatic imine (C=N–C) groups is 1. The molecule has 0 aliphatic carbocycles. The maximum atomic E-state index is 12.6. The molecule has 1 amide bonds. The second-order valence-electron chi connectivity index (χ2n) is 7.04. The number of hydrogen-bond donors (Lipinski definition) is 2. The highest BCUT2D eigenvalue weighted by molar-refractivity contribution is 6.30. The number of halogens is 2. The smallest absolute Gasteiger partial charge is 0.283 e. The Hall–Kier alpha value is -3.36. The van der Waals surface area contributed by atoms with Crippen molar-refractivity contribution in [3.05, 3.63) is 75.8 Å². The third-order valence-electron chi connectivity index (χ3n) is 5.16.